The van der Waals surface area contributed by atoms with Crippen LogP contribution >= 0.6 is 11.3 Å². The average molecular weight is 268 g/mol. The molecule has 3 nitrogen and oxygen atoms in total. The van der Waals surface area contributed by atoms with Crippen LogP contribution in [0.15, 0.2) is 5.38 Å². The first-order valence-corrected chi connectivity index (χ1v) is 7.74. The van der Waals surface area contributed by atoms with Gasteiger partial charge in [0, 0.05) is 24.4 Å². The molecule has 1 heterocycles. The Morgan fingerprint density at radius 3 is 2.94 bits per heavy atom. The van der Waals surface area contributed by atoms with Gasteiger partial charge in [-0.15, -0.1) is 11.3 Å². The molecule has 2 N–H and O–H groups in total. The van der Waals surface area contributed by atoms with E-state index in [9.17, 15) is 0 Å². The fourth-order valence-electron chi connectivity index (χ4n) is 1.91. The molecule has 0 unspecified atom stereocenters. The lowest BCUT2D eigenvalue weighted by atomic mass is 9.89. The minimum atomic E-state index is 0.0570. The smallest absolute Gasteiger partial charge is 0.0959 e. The molecule has 0 atom stereocenters. The molecule has 4 heteroatoms. The zero-order valence-electron chi connectivity index (χ0n) is 11.4. The van der Waals surface area contributed by atoms with Gasteiger partial charge in [0.1, 0.15) is 0 Å². The van der Waals surface area contributed by atoms with Gasteiger partial charge in [-0.3, -0.25) is 0 Å². The Hall–Kier alpha value is -0.450. The summed E-state index contributed by atoms with van der Waals surface area (Å²) in [5.74, 6) is 0.772. The van der Waals surface area contributed by atoms with Gasteiger partial charge in [-0.05, 0) is 37.6 Å². The molecule has 0 saturated heterocycles. The highest BCUT2D eigenvalue weighted by Gasteiger charge is 2.26. The molecule has 0 radical (unpaired) electrons. The van der Waals surface area contributed by atoms with Crippen LogP contribution in [0.1, 0.15) is 56.2 Å². The van der Waals surface area contributed by atoms with Crippen LogP contribution < -0.4 is 5.32 Å². The van der Waals surface area contributed by atoms with E-state index in [4.69, 9.17) is 5.11 Å². The second kappa shape index (κ2) is 6.13. The summed E-state index contributed by atoms with van der Waals surface area (Å²) in [4.78, 5) is 4.65. The highest BCUT2D eigenvalue weighted by Crippen LogP contribution is 2.41. The number of thiazole rings is 1. The van der Waals surface area contributed by atoms with E-state index in [-0.39, 0.29) is 12.0 Å². The maximum atomic E-state index is 9.16. The molecule has 1 saturated carbocycles. The van der Waals surface area contributed by atoms with Gasteiger partial charge in [0.2, 0.25) is 0 Å². The van der Waals surface area contributed by atoms with E-state index in [0.29, 0.717) is 0 Å². The first kappa shape index (κ1) is 14.0. The van der Waals surface area contributed by atoms with Crippen LogP contribution in [-0.2, 0) is 6.54 Å². The molecule has 1 fully saturated rings. The Kier molecular flexibility index (Phi) is 4.76. The molecule has 0 aliphatic heterocycles. The fraction of sp³-hybridized carbons (Fsp3) is 0.786. The summed E-state index contributed by atoms with van der Waals surface area (Å²) in [5, 5.41) is 16.1. The van der Waals surface area contributed by atoms with Crippen molar-refractivity contribution >= 4 is 11.3 Å². The van der Waals surface area contributed by atoms with Crippen LogP contribution in [0, 0.1) is 5.41 Å². The van der Waals surface area contributed by atoms with Crippen LogP contribution in [0.5, 0.6) is 0 Å². The predicted octanol–water partition coefficient (Wildman–Crippen LogP) is 2.91. The maximum Gasteiger partial charge on any atom is 0.0959 e. The normalized spacial score (nSPS) is 16.2. The number of rotatable bonds is 8. The zero-order valence-corrected chi connectivity index (χ0v) is 12.2. The molecule has 0 bridgehead atoms. The Balaban J connectivity index is 1.60. The highest BCUT2D eigenvalue weighted by molar-refractivity contribution is 7.09. The molecule has 0 aromatic carbocycles. The minimum Gasteiger partial charge on any atom is -0.396 e. The number of aliphatic hydroxyl groups is 1. The summed E-state index contributed by atoms with van der Waals surface area (Å²) in [5.41, 5.74) is 1.24. The van der Waals surface area contributed by atoms with Gasteiger partial charge in [-0.2, -0.15) is 0 Å². The summed E-state index contributed by atoms with van der Waals surface area (Å²) in [6.45, 7) is 6.36. The zero-order chi connectivity index (χ0) is 13.0. The quantitative estimate of drug-likeness (QED) is 0.713. The number of aromatic nitrogens is 1. The van der Waals surface area contributed by atoms with Crippen molar-refractivity contribution in [1.82, 2.24) is 10.3 Å². The third kappa shape index (κ3) is 4.34. The van der Waals surface area contributed by atoms with E-state index in [2.05, 4.69) is 29.5 Å². The number of aliphatic hydroxyl groups excluding tert-OH is 1. The van der Waals surface area contributed by atoms with E-state index in [1.165, 1.54) is 23.5 Å². The van der Waals surface area contributed by atoms with Gasteiger partial charge in [-0.25, -0.2) is 4.98 Å². The lowest BCUT2D eigenvalue weighted by Gasteiger charge is -2.21. The molecular weight excluding hydrogens is 244 g/mol. The van der Waals surface area contributed by atoms with Gasteiger partial charge in [-0.1, -0.05) is 13.8 Å². The molecule has 1 aliphatic carbocycles. The number of hydrogen-bond acceptors (Lipinski definition) is 4. The number of nitrogens with one attached hydrogen (secondary N) is 1. The van der Waals surface area contributed by atoms with Crippen molar-refractivity contribution in [3.8, 4) is 0 Å². The highest BCUT2D eigenvalue weighted by atomic mass is 32.1. The first-order chi connectivity index (χ1) is 8.61. The van der Waals surface area contributed by atoms with Gasteiger partial charge in [0.25, 0.3) is 0 Å². The molecule has 18 heavy (non-hydrogen) atoms. The fourth-order valence-corrected chi connectivity index (χ4v) is 2.90. The summed E-state index contributed by atoms with van der Waals surface area (Å²) in [6.07, 6.45) is 4.82. The third-order valence-corrected chi connectivity index (χ3v) is 4.49. The Morgan fingerprint density at radius 2 is 2.28 bits per heavy atom. The van der Waals surface area contributed by atoms with Crippen LogP contribution in [0.3, 0.4) is 0 Å². The summed E-state index contributed by atoms with van der Waals surface area (Å²) in [7, 11) is 0. The summed E-state index contributed by atoms with van der Waals surface area (Å²) in [6, 6.07) is 0. The van der Waals surface area contributed by atoms with E-state index in [0.717, 1.165) is 31.8 Å². The standard InChI is InChI=1S/C14H24N2OS/c1-14(2,10-17)6-3-7-15-8-12-9-18-13(16-12)11-4-5-11/h9,11,15,17H,3-8,10H2,1-2H3. The second-order valence-electron chi connectivity index (χ2n) is 6.05. The third-order valence-electron chi connectivity index (χ3n) is 3.44. The van der Waals surface area contributed by atoms with Crippen molar-refractivity contribution in [2.24, 2.45) is 5.41 Å². The van der Waals surface area contributed by atoms with Gasteiger partial charge in [0.15, 0.2) is 0 Å². The van der Waals surface area contributed by atoms with Crippen molar-refractivity contribution in [2.45, 2.75) is 52.0 Å². The van der Waals surface area contributed by atoms with Crippen LogP contribution in [-0.4, -0.2) is 23.2 Å². The monoisotopic (exact) mass is 268 g/mol. The molecule has 102 valence electrons. The Morgan fingerprint density at radius 1 is 1.50 bits per heavy atom. The molecule has 2 rings (SSSR count). The van der Waals surface area contributed by atoms with E-state index >= 15 is 0 Å². The lowest BCUT2D eigenvalue weighted by Crippen LogP contribution is -2.21. The Labute approximate surface area is 114 Å². The SMILES string of the molecule is CC(C)(CO)CCCNCc1csc(C2CC2)n1. The average Bonchev–Trinajstić information content (AvgIpc) is 3.09. The first-order valence-electron chi connectivity index (χ1n) is 6.86. The van der Waals surface area contributed by atoms with Crippen molar-refractivity contribution in [1.29, 1.82) is 0 Å². The number of hydrogen-bond donors (Lipinski definition) is 2. The molecule has 0 spiro atoms. The lowest BCUT2D eigenvalue weighted by molar-refractivity contribution is 0.148. The van der Waals surface area contributed by atoms with Crippen LogP contribution in [0.25, 0.3) is 0 Å². The van der Waals surface area contributed by atoms with Gasteiger partial charge >= 0.3 is 0 Å². The second-order valence-corrected chi connectivity index (χ2v) is 6.94. The van der Waals surface area contributed by atoms with Gasteiger partial charge in [0.05, 0.1) is 10.7 Å². The van der Waals surface area contributed by atoms with Gasteiger partial charge < -0.3 is 10.4 Å². The van der Waals surface area contributed by atoms with Crippen LogP contribution in [0.2, 0.25) is 0 Å². The number of nitrogens with zero attached hydrogens (tertiary/aromatic N) is 1. The summed E-state index contributed by atoms with van der Waals surface area (Å²) < 4.78 is 0. The van der Waals surface area contributed by atoms with Crippen molar-refractivity contribution in [3.05, 3.63) is 16.1 Å². The van der Waals surface area contributed by atoms with Crippen LogP contribution in [0.4, 0.5) is 0 Å². The largest absolute Gasteiger partial charge is 0.396 e. The summed E-state index contributed by atoms with van der Waals surface area (Å²) >= 11 is 1.81. The molecule has 1 aromatic heterocycles. The van der Waals surface area contributed by atoms with Crippen molar-refractivity contribution < 1.29 is 5.11 Å². The van der Waals surface area contributed by atoms with E-state index in [1.807, 2.05) is 11.3 Å². The van der Waals surface area contributed by atoms with Crippen molar-refractivity contribution in [2.75, 3.05) is 13.2 Å². The van der Waals surface area contributed by atoms with E-state index in [1.54, 1.807) is 0 Å². The minimum absolute atomic E-state index is 0.0570. The molecule has 1 aromatic rings. The predicted molar refractivity (Wildman–Crippen MR) is 75.9 cm³/mol. The maximum absolute atomic E-state index is 9.16. The molecular formula is C14H24N2OS. The molecule has 0 amide bonds. The van der Waals surface area contributed by atoms with Crippen molar-refractivity contribution in [3.63, 3.8) is 0 Å². The topological polar surface area (TPSA) is 45.1 Å². The Bertz CT molecular complexity index is 372. The molecule has 1 aliphatic rings. The van der Waals surface area contributed by atoms with E-state index < -0.39 is 0 Å².